The van der Waals surface area contributed by atoms with Crippen LogP contribution in [0.4, 0.5) is 5.95 Å². The average Bonchev–Trinajstić information content (AvgIpc) is 2.61. The van der Waals surface area contributed by atoms with Crippen molar-refractivity contribution in [2.75, 3.05) is 18.0 Å². The van der Waals surface area contributed by atoms with Crippen LogP contribution in [-0.4, -0.2) is 32.6 Å². The molecule has 1 N–H and O–H groups in total. The van der Waals surface area contributed by atoms with Gasteiger partial charge in [0.2, 0.25) is 5.95 Å². The van der Waals surface area contributed by atoms with Crippen LogP contribution in [0.1, 0.15) is 30.9 Å². The van der Waals surface area contributed by atoms with Crippen LogP contribution in [-0.2, 0) is 0 Å². The number of hydrogen-bond donors (Lipinski definition) is 1. The van der Waals surface area contributed by atoms with Crippen LogP contribution in [0.25, 0.3) is 16.7 Å². The van der Waals surface area contributed by atoms with E-state index in [1.165, 1.54) is 0 Å². The summed E-state index contributed by atoms with van der Waals surface area (Å²) in [6.07, 6.45) is 3.86. The lowest BCUT2D eigenvalue weighted by Crippen LogP contribution is -2.35. The monoisotopic (exact) mass is 381 g/mol. The predicted octanol–water partition coefficient (Wildman–Crippen LogP) is 3.69. The molecule has 0 atom stereocenters. The van der Waals surface area contributed by atoms with Gasteiger partial charge in [0, 0.05) is 18.8 Å². The molecule has 0 aliphatic carbocycles. The van der Waals surface area contributed by atoms with Crippen LogP contribution in [0.3, 0.4) is 0 Å². The van der Waals surface area contributed by atoms with Gasteiger partial charge in [-0.25, -0.2) is 4.98 Å². The Kier molecular flexibility index (Phi) is 4.55. The summed E-state index contributed by atoms with van der Waals surface area (Å²) >= 11 is 5.61. The third-order valence-electron chi connectivity index (χ3n) is 5.18. The minimum absolute atomic E-state index is 0.232. The lowest BCUT2D eigenvalue weighted by atomic mass is 10.00. The first-order valence-electron chi connectivity index (χ1n) is 9.27. The summed E-state index contributed by atoms with van der Waals surface area (Å²) in [6, 6.07) is 6.16. The molecule has 0 bridgehead atoms. The highest BCUT2D eigenvalue weighted by atomic mass is 32.1. The molecule has 0 saturated carbocycles. The number of rotatable bonds is 2. The lowest BCUT2D eigenvalue weighted by Gasteiger charge is -2.30. The number of aromatic nitrogens is 4. The van der Waals surface area contributed by atoms with E-state index in [-0.39, 0.29) is 5.56 Å². The van der Waals surface area contributed by atoms with E-state index in [1.54, 1.807) is 10.9 Å². The van der Waals surface area contributed by atoms with Gasteiger partial charge in [-0.3, -0.25) is 14.3 Å². The van der Waals surface area contributed by atoms with E-state index in [9.17, 15) is 4.79 Å². The highest BCUT2D eigenvalue weighted by molar-refractivity contribution is 7.71. The highest BCUT2D eigenvalue weighted by Crippen LogP contribution is 2.21. The van der Waals surface area contributed by atoms with Crippen molar-refractivity contribution >= 4 is 29.2 Å². The molecule has 0 amide bonds. The molecule has 7 heteroatoms. The Balaban J connectivity index is 1.82. The van der Waals surface area contributed by atoms with Crippen LogP contribution in [0.5, 0.6) is 0 Å². The van der Waals surface area contributed by atoms with Gasteiger partial charge in [0.25, 0.3) is 5.56 Å². The molecule has 1 fully saturated rings. The first-order valence-corrected chi connectivity index (χ1v) is 9.68. The van der Waals surface area contributed by atoms with Crippen LogP contribution in [0, 0.1) is 24.4 Å². The molecule has 1 aromatic carbocycles. The summed E-state index contributed by atoms with van der Waals surface area (Å²) in [5, 5.41) is 0.362. The Morgan fingerprint density at radius 3 is 2.48 bits per heavy atom. The lowest BCUT2D eigenvalue weighted by molar-refractivity contribution is 0.434. The van der Waals surface area contributed by atoms with Gasteiger partial charge < -0.3 is 4.90 Å². The molecule has 1 aliphatic heterocycles. The summed E-state index contributed by atoms with van der Waals surface area (Å²) in [7, 11) is 0. The van der Waals surface area contributed by atoms with Gasteiger partial charge in [0.1, 0.15) is 16.4 Å². The van der Waals surface area contributed by atoms with Crippen molar-refractivity contribution < 1.29 is 0 Å². The SMILES string of the molecule is Cc1cc(C)cc(-n2cnc3nc(N4CCC(C)CC4)[nH]c(=O)c3c2=S)c1. The molecule has 6 nitrogen and oxygen atoms in total. The fraction of sp³-hybridized carbons (Fsp3) is 0.400. The second-order valence-electron chi connectivity index (χ2n) is 7.52. The fourth-order valence-electron chi connectivity index (χ4n) is 3.67. The molecule has 3 aromatic rings. The van der Waals surface area contributed by atoms with Gasteiger partial charge in [-0.2, -0.15) is 4.98 Å². The van der Waals surface area contributed by atoms with E-state index < -0.39 is 0 Å². The van der Waals surface area contributed by atoms with Gasteiger partial charge in [-0.05, 0) is 55.9 Å². The smallest absolute Gasteiger partial charge is 0.264 e. The highest BCUT2D eigenvalue weighted by Gasteiger charge is 2.19. The number of anilines is 1. The van der Waals surface area contributed by atoms with Gasteiger partial charge in [0.05, 0.1) is 0 Å². The van der Waals surface area contributed by atoms with E-state index in [4.69, 9.17) is 12.2 Å². The van der Waals surface area contributed by atoms with Gasteiger partial charge in [0.15, 0.2) is 5.65 Å². The van der Waals surface area contributed by atoms with E-state index >= 15 is 0 Å². The quantitative estimate of drug-likeness (QED) is 0.686. The molecule has 2 aromatic heterocycles. The third-order valence-corrected chi connectivity index (χ3v) is 5.58. The Morgan fingerprint density at radius 1 is 1.15 bits per heavy atom. The van der Waals surface area contributed by atoms with Crippen molar-refractivity contribution in [1.29, 1.82) is 0 Å². The van der Waals surface area contributed by atoms with Crippen molar-refractivity contribution in [3.8, 4) is 5.69 Å². The molecule has 4 rings (SSSR count). The van der Waals surface area contributed by atoms with Gasteiger partial charge >= 0.3 is 0 Å². The van der Waals surface area contributed by atoms with Crippen LogP contribution >= 0.6 is 12.2 Å². The third kappa shape index (κ3) is 3.39. The van der Waals surface area contributed by atoms with Crippen molar-refractivity contribution in [2.24, 2.45) is 5.92 Å². The van der Waals surface area contributed by atoms with Crippen LogP contribution < -0.4 is 10.5 Å². The first kappa shape index (κ1) is 17.9. The Morgan fingerprint density at radius 2 is 1.81 bits per heavy atom. The van der Waals surface area contributed by atoms with Crippen LogP contribution in [0.2, 0.25) is 0 Å². The summed E-state index contributed by atoms with van der Waals surface area (Å²) < 4.78 is 2.20. The number of H-pyrrole nitrogens is 1. The van der Waals surface area contributed by atoms with E-state index in [1.807, 2.05) is 26.0 Å². The fourth-order valence-corrected chi connectivity index (χ4v) is 4.00. The molecule has 3 heterocycles. The first-order chi connectivity index (χ1) is 12.9. The Labute approximate surface area is 162 Å². The number of benzene rings is 1. The number of aryl methyl sites for hydroxylation is 2. The standard InChI is InChI=1S/C20H23N5OS/c1-12-4-6-24(7-5-12)20-22-17-16(18(26)23-20)19(27)25(11-21-17)15-9-13(2)8-14(3)10-15/h8-12H,4-7H2,1-3H3,(H,22,23,26). The zero-order chi connectivity index (χ0) is 19.1. The molecule has 0 radical (unpaired) electrons. The van der Waals surface area contributed by atoms with E-state index in [2.05, 4.69) is 32.8 Å². The van der Waals surface area contributed by atoms with Gasteiger partial charge in [-0.1, -0.05) is 25.2 Å². The topological polar surface area (TPSA) is 66.8 Å². The minimum Gasteiger partial charge on any atom is -0.342 e. The number of nitrogens with one attached hydrogen (secondary N) is 1. The number of piperidine rings is 1. The molecule has 0 spiro atoms. The zero-order valence-electron chi connectivity index (χ0n) is 15.8. The Bertz CT molecular complexity index is 1110. The zero-order valence-corrected chi connectivity index (χ0v) is 16.6. The van der Waals surface area contributed by atoms with Crippen molar-refractivity contribution in [3.63, 3.8) is 0 Å². The molecule has 27 heavy (non-hydrogen) atoms. The maximum atomic E-state index is 12.8. The molecule has 1 saturated heterocycles. The predicted molar refractivity (Wildman–Crippen MR) is 110 cm³/mol. The van der Waals surface area contributed by atoms with Crippen molar-refractivity contribution in [3.05, 3.63) is 50.6 Å². The largest absolute Gasteiger partial charge is 0.342 e. The molecule has 0 unspecified atom stereocenters. The van der Waals surface area contributed by atoms with Crippen molar-refractivity contribution in [2.45, 2.75) is 33.6 Å². The molecular weight excluding hydrogens is 358 g/mol. The second-order valence-corrected chi connectivity index (χ2v) is 7.91. The maximum Gasteiger partial charge on any atom is 0.264 e. The summed E-state index contributed by atoms with van der Waals surface area (Å²) in [4.78, 5) is 26.9. The van der Waals surface area contributed by atoms with E-state index in [0.717, 1.165) is 42.7 Å². The Hall–Kier alpha value is -2.54. The molecular formula is C20H23N5OS. The van der Waals surface area contributed by atoms with Gasteiger partial charge in [-0.15, -0.1) is 0 Å². The second kappa shape index (κ2) is 6.88. The average molecular weight is 382 g/mol. The summed E-state index contributed by atoms with van der Waals surface area (Å²) in [6.45, 7) is 8.12. The summed E-state index contributed by atoms with van der Waals surface area (Å²) in [5.74, 6) is 1.30. The molecule has 1 aliphatic rings. The number of fused-ring (bicyclic) bond motifs is 1. The number of nitrogens with zero attached hydrogens (tertiary/aromatic N) is 4. The summed E-state index contributed by atoms with van der Waals surface area (Å²) in [5.41, 5.74) is 3.34. The van der Waals surface area contributed by atoms with Crippen molar-refractivity contribution in [1.82, 2.24) is 19.5 Å². The number of hydrogen-bond acceptors (Lipinski definition) is 5. The van der Waals surface area contributed by atoms with Crippen LogP contribution in [0.15, 0.2) is 29.3 Å². The molecule has 140 valence electrons. The van der Waals surface area contributed by atoms with E-state index in [0.29, 0.717) is 27.5 Å². The minimum atomic E-state index is -0.232. The maximum absolute atomic E-state index is 12.8. The number of aromatic amines is 1. The normalized spacial score (nSPS) is 15.4.